The predicted octanol–water partition coefficient (Wildman–Crippen LogP) is 7.49. The summed E-state index contributed by atoms with van der Waals surface area (Å²) in [6, 6.07) is 4.57. The molecule has 22 heavy (non-hydrogen) atoms. The second-order valence-corrected chi connectivity index (χ2v) is 2.51. The van der Waals surface area contributed by atoms with Gasteiger partial charge in [-0.3, -0.25) is 0 Å². The maximum atomic E-state index is 13.0. The molecule has 1 aromatic rings. The van der Waals surface area contributed by atoms with E-state index in [1.165, 1.54) is 12.1 Å². The average molecular weight is 376 g/mol. The molecule has 1 aromatic carbocycles. The third kappa shape index (κ3) is 20.4. The molecular weight excluding hydrogens is 371 g/mol. The first-order valence-electron chi connectivity index (χ1n) is 3.91. The maximum absolute atomic E-state index is 13.0. The zero-order valence-corrected chi connectivity index (χ0v) is 10.6. The standard InChI is InChI=1S/C7H5ClFN3.5F2/c8-6-3-1-2-5(7(6)9)4-11-12-10;5*1-2/h1-3H,4H2;;;;;. The van der Waals surface area contributed by atoms with E-state index >= 15 is 0 Å². The SMILES string of the molecule is FF.FF.FF.FF.FF.[N-]=[N+]=NCc1cccc(Cl)c1F. The second kappa shape index (κ2) is 36.4. The largest absolute Gasteiger partial charge is 0.205 e. The van der Waals surface area contributed by atoms with Crippen molar-refractivity contribution in [2.24, 2.45) is 5.11 Å². The molecule has 0 N–H and O–H groups in total. The van der Waals surface area contributed by atoms with E-state index in [0.717, 1.165) is 0 Å². The van der Waals surface area contributed by atoms with Crippen LogP contribution in [0.5, 0.6) is 0 Å². The van der Waals surface area contributed by atoms with Crippen molar-refractivity contribution in [3.63, 3.8) is 0 Å². The van der Waals surface area contributed by atoms with Gasteiger partial charge in [0.05, 0.1) is 11.6 Å². The highest BCUT2D eigenvalue weighted by molar-refractivity contribution is 6.30. The van der Waals surface area contributed by atoms with Gasteiger partial charge in [-0.25, -0.2) is 4.39 Å². The van der Waals surface area contributed by atoms with Crippen molar-refractivity contribution in [1.29, 1.82) is 0 Å². The van der Waals surface area contributed by atoms with E-state index in [4.69, 9.17) is 62.9 Å². The minimum atomic E-state index is -0.522. The third-order valence-electron chi connectivity index (χ3n) is 1.34. The number of hydrogen-bond donors (Lipinski definition) is 0. The van der Waals surface area contributed by atoms with E-state index < -0.39 is 5.82 Å². The Balaban J connectivity index is -0.0000000822. The van der Waals surface area contributed by atoms with Crippen molar-refractivity contribution in [2.45, 2.75) is 6.54 Å². The van der Waals surface area contributed by atoms with Crippen molar-refractivity contribution in [3.05, 3.63) is 45.0 Å². The van der Waals surface area contributed by atoms with Crippen LogP contribution in [0.2, 0.25) is 5.02 Å². The smallest absolute Gasteiger partial charge is 0.145 e. The summed E-state index contributed by atoms with van der Waals surface area (Å²) < 4.78 is 93.0. The van der Waals surface area contributed by atoms with Gasteiger partial charge in [-0.1, -0.05) is 28.8 Å². The highest BCUT2D eigenvalue weighted by Gasteiger charge is 2.03. The quantitative estimate of drug-likeness (QED) is 0.222. The highest BCUT2D eigenvalue weighted by atomic mass is 35.5. The van der Waals surface area contributed by atoms with Crippen molar-refractivity contribution < 1.29 is 50.1 Å². The molecule has 0 amide bonds. The van der Waals surface area contributed by atoms with Crippen LogP contribution >= 0.6 is 11.6 Å². The number of hydrogen-bond acceptors (Lipinski definition) is 1. The molecule has 0 saturated carbocycles. The van der Waals surface area contributed by atoms with Crippen LogP contribution in [0.1, 0.15) is 5.56 Å². The Labute approximate surface area is 119 Å². The Hall–Kier alpha value is -1.95. The van der Waals surface area contributed by atoms with E-state index in [0.29, 0.717) is 5.56 Å². The van der Waals surface area contributed by atoms with Gasteiger partial charge in [0.25, 0.3) is 0 Å². The molecule has 0 aliphatic heterocycles. The van der Waals surface area contributed by atoms with E-state index in [9.17, 15) is 4.39 Å². The summed E-state index contributed by atoms with van der Waals surface area (Å²) in [6.45, 7) is -0.0110. The maximum Gasteiger partial charge on any atom is 0.145 e. The lowest BCUT2D eigenvalue weighted by Crippen LogP contribution is -1.87. The minimum absolute atomic E-state index is 0.0110. The molecule has 1 rings (SSSR count). The summed E-state index contributed by atoms with van der Waals surface area (Å²) in [6.07, 6.45) is 0. The summed E-state index contributed by atoms with van der Waals surface area (Å²) in [5, 5.41) is 3.27. The molecule has 132 valence electrons. The van der Waals surface area contributed by atoms with Crippen LogP contribution in [-0.2, 0) is 6.54 Å². The summed E-state index contributed by atoms with van der Waals surface area (Å²) >= 11 is 5.48. The lowest BCUT2D eigenvalue weighted by Gasteiger charge is -1.98. The first-order chi connectivity index (χ1) is 10.8. The second-order valence-electron chi connectivity index (χ2n) is 2.10. The molecule has 0 heterocycles. The van der Waals surface area contributed by atoms with Gasteiger partial charge in [-0.15, -0.1) is 0 Å². The molecule has 0 aliphatic carbocycles. The van der Waals surface area contributed by atoms with Gasteiger partial charge < -0.3 is 0 Å². The molecule has 0 radical (unpaired) electrons. The lowest BCUT2D eigenvalue weighted by atomic mass is 10.2. The van der Waals surface area contributed by atoms with Gasteiger partial charge in [0, 0.05) is 50.7 Å². The monoisotopic (exact) mass is 375 g/mol. The molecule has 0 unspecified atom stereocenters. The van der Waals surface area contributed by atoms with Gasteiger partial charge in [-0.05, 0) is 17.2 Å². The van der Waals surface area contributed by atoms with E-state index in [1.807, 2.05) is 0 Å². The fourth-order valence-corrected chi connectivity index (χ4v) is 0.972. The molecule has 0 bridgehead atoms. The first kappa shape index (κ1) is 32.1. The van der Waals surface area contributed by atoms with Crippen LogP contribution in [-0.4, -0.2) is 0 Å². The molecule has 15 heteroatoms. The fraction of sp³-hybridized carbons (Fsp3) is 0.143. The first-order valence-corrected chi connectivity index (χ1v) is 4.28. The molecule has 0 aliphatic rings. The zero-order valence-electron chi connectivity index (χ0n) is 9.82. The Bertz CT molecular complexity index is 350. The van der Waals surface area contributed by atoms with Crippen LogP contribution in [0, 0.1) is 5.82 Å². The zero-order chi connectivity index (χ0) is 19.0. The molecule has 0 aromatic heterocycles. The molecule has 0 saturated heterocycles. The molecular formula is C7H5ClF11N3. The Morgan fingerprint density at radius 1 is 0.909 bits per heavy atom. The van der Waals surface area contributed by atoms with Gasteiger partial charge in [0.15, 0.2) is 0 Å². The van der Waals surface area contributed by atoms with Crippen LogP contribution < -0.4 is 0 Å². The predicted molar refractivity (Wildman–Crippen MR) is 55.3 cm³/mol. The fourth-order valence-electron chi connectivity index (χ4n) is 0.778. The highest BCUT2D eigenvalue weighted by Crippen LogP contribution is 2.18. The van der Waals surface area contributed by atoms with Gasteiger partial charge in [-0.2, -0.15) is 0 Å². The van der Waals surface area contributed by atoms with Gasteiger partial charge in [0.1, 0.15) is 5.82 Å². The number of halogens is 12. The normalized spacial score (nSPS) is 6.36. The third-order valence-corrected chi connectivity index (χ3v) is 1.63. The van der Waals surface area contributed by atoms with Crippen LogP contribution in [0.15, 0.2) is 23.3 Å². The number of nitrogens with zero attached hydrogens (tertiary/aromatic N) is 3. The van der Waals surface area contributed by atoms with Gasteiger partial charge in [0.2, 0.25) is 0 Å². The average Bonchev–Trinajstić information content (AvgIpc) is 2.65. The number of rotatable bonds is 2. The van der Waals surface area contributed by atoms with E-state index in [2.05, 4.69) is 10.0 Å². The van der Waals surface area contributed by atoms with Crippen molar-refractivity contribution in [2.75, 3.05) is 0 Å². The number of azide groups is 1. The summed E-state index contributed by atoms with van der Waals surface area (Å²) in [5.41, 5.74) is 8.30. The Kier molecular flexibility index (Phi) is 53.2. The van der Waals surface area contributed by atoms with Crippen LogP contribution in [0.25, 0.3) is 10.4 Å². The van der Waals surface area contributed by atoms with E-state index in [1.54, 1.807) is 6.07 Å². The number of benzene rings is 1. The van der Waals surface area contributed by atoms with Gasteiger partial charge >= 0.3 is 0 Å². The summed E-state index contributed by atoms with van der Waals surface area (Å²) in [4.78, 5) is 2.52. The van der Waals surface area contributed by atoms with Crippen molar-refractivity contribution in [1.82, 2.24) is 0 Å². The minimum Gasteiger partial charge on any atom is -0.205 e. The lowest BCUT2D eigenvalue weighted by molar-refractivity contribution is 0.108. The Morgan fingerprint density at radius 3 is 1.68 bits per heavy atom. The van der Waals surface area contributed by atoms with E-state index in [-0.39, 0.29) is 11.6 Å². The summed E-state index contributed by atoms with van der Waals surface area (Å²) in [7, 11) is 0. The van der Waals surface area contributed by atoms with Crippen molar-refractivity contribution >= 4 is 11.6 Å². The van der Waals surface area contributed by atoms with Crippen molar-refractivity contribution in [3.8, 4) is 0 Å². The topological polar surface area (TPSA) is 48.8 Å². The molecule has 0 spiro atoms. The molecule has 0 atom stereocenters. The molecule has 3 nitrogen and oxygen atoms in total. The molecule has 0 fully saturated rings. The van der Waals surface area contributed by atoms with Crippen LogP contribution in [0.4, 0.5) is 50.1 Å². The van der Waals surface area contributed by atoms with Crippen LogP contribution in [0.3, 0.4) is 0 Å². The Morgan fingerprint density at radius 2 is 1.32 bits per heavy atom. The summed E-state index contributed by atoms with van der Waals surface area (Å²) in [5.74, 6) is -0.522.